The summed E-state index contributed by atoms with van der Waals surface area (Å²) in [6.45, 7) is 3.50. The van der Waals surface area contributed by atoms with Crippen molar-refractivity contribution in [2.45, 2.75) is 19.9 Å². The molecule has 0 N–H and O–H groups in total. The number of benzene rings is 2. The molecule has 1 aromatic heterocycles. The fourth-order valence-electron chi connectivity index (χ4n) is 3.83. The number of ether oxygens (including phenoxy) is 2. The first kappa shape index (κ1) is 23.9. The fraction of sp³-hybridized carbons (Fsp3) is 0.208. The number of nitro groups is 1. The molecule has 1 aliphatic rings. The second-order valence-corrected chi connectivity index (χ2v) is 8.54. The quantitative estimate of drug-likeness (QED) is 0.289. The van der Waals surface area contributed by atoms with Crippen molar-refractivity contribution in [1.82, 2.24) is 4.57 Å². The standard InChI is InChI=1S/C24H21N3O7S/c1-4-34-23(30)19-13(2)25-24-26(20(19)14-8-10-16(33-3)11-9-14)22(29)18(35-24)12-15-6-5-7-17(21(15)28)27(31)32/h5-12,20,28H,4H2,1-3H3/p-1/b18-12+/t20-/m1/s1. The van der Waals surface area contributed by atoms with Crippen molar-refractivity contribution in [3.63, 3.8) is 0 Å². The van der Waals surface area contributed by atoms with Gasteiger partial charge in [0.1, 0.15) is 5.75 Å². The lowest BCUT2D eigenvalue weighted by atomic mass is 9.96. The largest absolute Gasteiger partial charge is 0.867 e. The van der Waals surface area contributed by atoms with Crippen LogP contribution in [0.2, 0.25) is 0 Å². The second-order valence-electron chi connectivity index (χ2n) is 7.53. The minimum Gasteiger partial charge on any atom is -0.867 e. The van der Waals surface area contributed by atoms with Crippen LogP contribution in [0.3, 0.4) is 0 Å². The first-order valence-corrected chi connectivity index (χ1v) is 11.4. The lowest BCUT2D eigenvalue weighted by Gasteiger charge is -2.24. The molecule has 0 aliphatic carbocycles. The van der Waals surface area contributed by atoms with Crippen LogP contribution in [0, 0.1) is 10.1 Å². The van der Waals surface area contributed by atoms with E-state index in [9.17, 15) is 24.8 Å². The summed E-state index contributed by atoms with van der Waals surface area (Å²) in [7, 11) is 1.53. The summed E-state index contributed by atoms with van der Waals surface area (Å²) >= 11 is 1.03. The number of allylic oxidation sites excluding steroid dienone is 1. The molecule has 35 heavy (non-hydrogen) atoms. The Hall–Kier alpha value is -4.25. The monoisotopic (exact) mass is 494 g/mol. The van der Waals surface area contributed by atoms with Gasteiger partial charge >= 0.3 is 5.97 Å². The van der Waals surface area contributed by atoms with Crippen LogP contribution in [0.1, 0.15) is 31.0 Å². The molecule has 2 heterocycles. The summed E-state index contributed by atoms with van der Waals surface area (Å²) in [5.74, 6) is -0.781. The van der Waals surface area contributed by atoms with E-state index >= 15 is 0 Å². The number of hydrogen-bond donors (Lipinski definition) is 0. The molecule has 1 atom stereocenters. The lowest BCUT2D eigenvalue weighted by Crippen LogP contribution is -2.39. The number of fused-ring (bicyclic) bond motifs is 1. The second kappa shape index (κ2) is 9.55. The first-order valence-electron chi connectivity index (χ1n) is 10.5. The normalized spacial score (nSPS) is 15.4. The van der Waals surface area contributed by atoms with E-state index in [0.29, 0.717) is 21.8 Å². The minimum absolute atomic E-state index is 0.00629. The van der Waals surface area contributed by atoms with Crippen molar-refractivity contribution in [3.05, 3.63) is 94.7 Å². The van der Waals surface area contributed by atoms with Crippen LogP contribution >= 0.6 is 11.3 Å². The van der Waals surface area contributed by atoms with Crippen LogP contribution in [0.4, 0.5) is 5.69 Å². The van der Waals surface area contributed by atoms with E-state index in [1.165, 1.54) is 29.9 Å². The molecule has 0 saturated carbocycles. The Labute approximate surface area is 202 Å². The maximum atomic E-state index is 13.5. The van der Waals surface area contributed by atoms with E-state index in [0.717, 1.165) is 17.4 Å². The Morgan fingerprint density at radius 1 is 1.26 bits per heavy atom. The number of thiazole rings is 1. The van der Waals surface area contributed by atoms with E-state index in [2.05, 4.69) is 4.99 Å². The predicted molar refractivity (Wildman–Crippen MR) is 126 cm³/mol. The molecule has 0 spiro atoms. The van der Waals surface area contributed by atoms with E-state index in [4.69, 9.17) is 9.47 Å². The van der Waals surface area contributed by atoms with Crippen molar-refractivity contribution in [2.75, 3.05) is 13.7 Å². The number of rotatable bonds is 6. The van der Waals surface area contributed by atoms with E-state index in [1.54, 1.807) is 38.1 Å². The zero-order valence-corrected chi connectivity index (χ0v) is 19.8. The summed E-state index contributed by atoms with van der Waals surface area (Å²) in [5, 5.41) is 23.6. The van der Waals surface area contributed by atoms with Crippen LogP contribution in [0.15, 0.2) is 63.5 Å². The third-order valence-corrected chi connectivity index (χ3v) is 6.44. The molecule has 180 valence electrons. The highest BCUT2D eigenvalue weighted by molar-refractivity contribution is 7.07. The highest BCUT2D eigenvalue weighted by Gasteiger charge is 2.33. The third-order valence-electron chi connectivity index (χ3n) is 5.46. The number of aromatic nitrogens is 1. The molecule has 4 rings (SSSR count). The zero-order chi connectivity index (χ0) is 25.3. The van der Waals surface area contributed by atoms with Gasteiger partial charge in [-0.1, -0.05) is 35.6 Å². The Balaban J connectivity index is 1.95. The Morgan fingerprint density at radius 3 is 2.60 bits per heavy atom. The van der Waals surface area contributed by atoms with E-state index in [1.807, 2.05) is 0 Å². The predicted octanol–water partition coefficient (Wildman–Crippen LogP) is 1.79. The van der Waals surface area contributed by atoms with Gasteiger partial charge in [0.05, 0.1) is 40.5 Å². The summed E-state index contributed by atoms with van der Waals surface area (Å²) in [4.78, 5) is 41.6. The van der Waals surface area contributed by atoms with Crippen LogP contribution in [-0.2, 0) is 9.53 Å². The zero-order valence-electron chi connectivity index (χ0n) is 19.0. The van der Waals surface area contributed by atoms with Crippen LogP contribution in [0.25, 0.3) is 6.08 Å². The molecular formula is C24H20N3O7S-. The van der Waals surface area contributed by atoms with E-state index in [-0.39, 0.29) is 22.3 Å². The molecule has 0 radical (unpaired) electrons. The molecule has 3 aromatic rings. The van der Waals surface area contributed by atoms with Gasteiger partial charge in [-0.05, 0) is 48.9 Å². The highest BCUT2D eigenvalue weighted by atomic mass is 32.1. The number of methoxy groups -OCH3 is 1. The first-order chi connectivity index (χ1) is 16.8. The number of nitrogens with zero attached hydrogens (tertiary/aromatic N) is 3. The molecule has 2 aromatic carbocycles. The maximum absolute atomic E-state index is 13.5. The molecular weight excluding hydrogens is 474 g/mol. The number of nitro benzene ring substituents is 1. The van der Waals surface area contributed by atoms with Crippen LogP contribution < -0.4 is 24.7 Å². The number of carbonyl (C=O) groups excluding carboxylic acids is 1. The number of esters is 1. The van der Waals surface area contributed by atoms with E-state index < -0.39 is 33.9 Å². The fourth-order valence-corrected chi connectivity index (χ4v) is 4.87. The topological polar surface area (TPSA) is 136 Å². The van der Waals surface area contributed by atoms with Gasteiger partial charge in [-0.25, -0.2) is 9.79 Å². The molecule has 10 nitrogen and oxygen atoms in total. The molecule has 0 saturated heterocycles. The van der Waals surface area contributed by atoms with Gasteiger partial charge in [-0.2, -0.15) is 0 Å². The van der Waals surface area contributed by atoms with Gasteiger partial charge in [0.2, 0.25) is 0 Å². The van der Waals surface area contributed by atoms with Gasteiger partial charge < -0.3 is 14.6 Å². The number of para-hydroxylation sites is 1. The molecule has 0 amide bonds. The maximum Gasteiger partial charge on any atom is 0.338 e. The lowest BCUT2D eigenvalue weighted by molar-refractivity contribution is -0.398. The average Bonchev–Trinajstić information content (AvgIpc) is 3.13. The summed E-state index contributed by atoms with van der Waals surface area (Å²) in [6, 6.07) is 10.0. The SMILES string of the molecule is CCOC(=O)C1=C(C)N=c2s/c(=C/c3cccc([N+](=O)[O-])c3[O-])c(=O)n2[C@@H]1c1ccc(OC)cc1. The summed E-state index contributed by atoms with van der Waals surface area (Å²) < 4.78 is 12.0. The van der Waals surface area contributed by atoms with Gasteiger partial charge in [-0.15, -0.1) is 0 Å². The molecule has 1 aliphatic heterocycles. The van der Waals surface area contributed by atoms with Crippen molar-refractivity contribution in [1.29, 1.82) is 0 Å². The minimum atomic E-state index is -0.824. The number of carbonyl (C=O) groups is 1. The van der Waals surface area contributed by atoms with Gasteiger partial charge in [0.25, 0.3) is 11.2 Å². The average molecular weight is 495 g/mol. The Morgan fingerprint density at radius 2 is 1.97 bits per heavy atom. The van der Waals surface area contributed by atoms with Gasteiger partial charge in [-0.3, -0.25) is 19.5 Å². The van der Waals surface area contributed by atoms with Crippen molar-refractivity contribution < 1.29 is 24.3 Å². The molecule has 11 heteroatoms. The van der Waals surface area contributed by atoms with Gasteiger partial charge in [0, 0.05) is 6.07 Å². The van der Waals surface area contributed by atoms with Crippen LogP contribution in [-0.4, -0.2) is 29.2 Å². The smallest absolute Gasteiger partial charge is 0.338 e. The molecule has 0 fully saturated rings. The van der Waals surface area contributed by atoms with Gasteiger partial charge in [0.15, 0.2) is 4.80 Å². The Kier molecular flexibility index (Phi) is 6.52. The highest BCUT2D eigenvalue weighted by Crippen LogP contribution is 2.32. The van der Waals surface area contributed by atoms with Crippen LogP contribution in [0.5, 0.6) is 11.5 Å². The molecule has 0 unspecified atom stereocenters. The summed E-state index contributed by atoms with van der Waals surface area (Å²) in [5.41, 5.74) is 0.188. The van der Waals surface area contributed by atoms with Crippen molar-refractivity contribution >= 4 is 29.1 Å². The molecule has 0 bridgehead atoms. The number of hydrogen-bond acceptors (Lipinski definition) is 9. The van der Waals surface area contributed by atoms with Crippen molar-refractivity contribution in [3.8, 4) is 11.5 Å². The Bertz CT molecular complexity index is 1530. The van der Waals surface area contributed by atoms with Crippen molar-refractivity contribution in [2.24, 2.45) is 4.99 Å². The summed E-state index contributed by atoms with van der Waals surface area (Å²) in [6.07, 6.45) is 1.31. The third kappa shape index (κ3) is 4.33.